The zero-order valence-electron chi connectivity index (χ0n) is 27.9. The molecule has 0 fully saturated rings. The lowest BCUT2D eigenvalue weighted by Crippen LogP contribution is -2.28. The third-order valence-corrected chi connectivity index (χ3v) is 11.7. The summed E-state index contributed by atoms with van der Waals surface area (Å²) in [6.45, 7) is 0. The number of anilines is 3. The number of hydrogen-bond acceptors (Lipinski definition) is 2. The summed E-state index contributed by atoms with van der Waals surface area (Å²) in [6, 6.07) is 73.4. The average molecular weight is 668 g/mol. The molecule has 9 aromatic rings. The second-order valence-corrected chi connectivity index (χ2v) is 14.4. The minimum atomic E-state index is -0.421. The van der Waals surface area contributed by atoms with Gasteiger partial charge in [0.25, 0.3) is 0 Å². The molecule has 240 valence electrons. The molecular weight excluding hydrogens is 635 g/mol. The van der Waals surface area contributed by atoms with Gasteiger partial charge in [-0.25, -0.2) is 0 Å². The van der Waals surface area contributed by atoms with E-state index in [1.54, 1.807) is 0 Å². The van der Waals surface area contributed by atoms with Gasteiger partial charge in [-0.2, -0.15) is 0 Å². The molecule has 0 bridgehead atoms. The van der Waals surface area contributed by atoms with Gasteiger partial charge in [-0.05, 0) is 99.1 Å². The van der Waals surface area contributed by atoms with E-state index in [-0.39, 0.29) is 0 Å². The number of benzene rings is 8. The topological polar surface area (TPSA) is 3.24 Å². The lowest BCUT2D eigenvalue weighted by molar-refractivity contribution is 0.768. The van der Waals surface area contributed by atoms with Gasteiger partial charge >= 0.3 is 0 Å². The van der Waals surface area contributed by atoms with E-state index in [0.717, 1.165) is 17.1 Å². The van der Waals surface area contributed by atoms with Crippen molar-refractivity contribution in [2.45, 2.75) is 5.41 Å². The summed E-state index contributed by atoms with van der Waals surface area (Å²) >= 11 is 1.86. The molecule has 0 saturated carbocycles. The van der Waals surface area contributed by atoms with Crippen LogP contribution in [-0.2, 0) is 5.41 Å². The maximum Gasteiger partial charge on any atom is 0.0713 e. The van der Waals surface area contributed by atoms with Gasteiger partial charge < -0.3 is 4.90 Å². The van der Waals surface area contributed by atoms with Crippen LogP contribution in [0.25, 0.3) is 42.4 Å². The Morgan fingerprint density at radius 1 is 0.353 bits per heavy atom. The van der Waals surface area contributed by atoms with Gasteiger partial charge in [0.2, 0.25) is 0 Å². The zero-order chi connectivity index (χ0) is 33.8. The van der Waals surface area contributed by atoms with Crippen LogP contribution in [-0.4, -0.2) is 0 Å². The monoisotopic (exact) mass is 667 g/mol. The number of para-hydroxylation sites is 1. The Labute approximate surface area is 302 Å². The van der Waals surface area contributed by atoms with E-state index < -0.39 is 5.41 Å². The summed E-state index contributed by atoms with van der Waals surface area (Å²) in [4.78, 5) is 2.39. The highest BCUT2D eigenvalue weighted by Crippen LogP contribution is 2.56. The van der Waals surface area contributed by atoms with Crippen molar-refractivity contribution in [3.63, 3.8) is 0 Å². The molecule has 2 heteroatoms. The highest BCUT2D eigenvalue weighted by Gasteiger charge is 2.45. The quantitative estimate of drug-likeness (QED) is 0.171. The summed E-state index contributed by atoms with van der Waals surface area (Å²) < 4.78 is 2.60. The highest BCUT2D eigenvalue weighted by atomic mass is 32.1. The molecule has 0 atom stereocenters. The third kappa shape index (κ3) is 4.68. The van der Waals surface area contributed by atoms with Crippen molar-refractivity contribution in [1.29, 1.82) is 0 Å². The summed E-state index contributed by atoms with van der Waals surface area (Å²) in [5.74, 6) is 0. The second-order valence-electron chi connectivity index (χ2n) is 13.3. The Morgan fingerprint density at radius 3 is 1.51 bits per heavy atom. The molecule has 0 aliphatic heterocycles. The number of rotatable bonds is 6. The first-order valence-corrected chi connectivity index (χ1v) is 18.3. The second kappa shape index (κ2) is 12.0. The van der Waals surface area contributed by atoms with Gasteiger partial charge in [0.15, 0.2) is 0 Å². The van der Waals surface area contributed by atoms with E-state index in [0.29, 0.717) is 0 Å². The fourth-order valence-corrected chi connectivity index (χ4v) is 9.38. The van der Waals surface area contributed by atoms with Gasteiger partial charge in [-0.3, -0.25) is 0 Å². The number of hydrogen-bond donors (Lipinski definition) is 0. The SMILES string of the molecule is c1ccc(-c2ccc3sc4ccc(N(c5ccccc5)c5ccc(C6(c7ccccc7)c7ccccc7-c7ccccc76)cc5)cc4c3c2)cc1. The maximum absolute atomic E-state index is 2.39. The standard InChI is InChI=1S/C49H33NS/c1-4-14-34(15-5-1)35-24-30-47-43(32-35)44-33-40(29-31-48(44)51-47)50(38-18-8-3-9-19-38)39-27-25-37(26-28-39)49(36-16-6-2-7-17-36)45-22-12-10-20-41(45)42-21-11-13-23-46(42)49/h1-33H. The van der Waals surface area contributed by atoms with E-state index in [1.807, 2.05) is 11.3 Å². The highest BCUT2D eigenvalue weighted by molar-refractivity contribution is 7.25. The predicted molar refractivity (Wildman–Crippen MR) is 217 cm³/mol. The molecule has 0 saturated heterocycles. The van der Waals surface area contributed by atoms with E-state index in [9.17, 15) is 0 Å². The molecular formula is C49H33NS. The molecule has 0 spiro atoms. The van der Waals surface area contributed by atoms with Crippen molar-refractivity contribution in [2.24, 2.45) is 0 Å². The Bertz CT molecular complexity index is 2630. The molecule has 0 unspecified atom stereocenters. The molecule has 1 aromatic heterocycles. The molecule has 0 radical (unpaired) electrons. The van der Waals surface area contributed by atoms with Crippen LogP contribution in [0.4, 0.5) is 17.1 Å². The van der Waals surface area contributed by atoms with Crippen molar-refractivity contribution in [3.05, 3.63) is 222 Å². The fraction of sp³-hybridized carbons (Fsp3) is 0.0204. The average Bonchev–Trinajstić information content (AvgIpc) is 3.73. The molecule has 0 N–H and O–H groups in total. The fourth-order valence-electron chi connectivity index (χ4n) is 8.31. The first-order valence-electron chi connectivity index (χ1n) is 17.5. The van der Waals surface area contributed by atoms with Crippen molar-refractivity contribution >= 4 is 48.6 Å². The molecule has 8 aromatic carbocycles. The van der Waals surface area contributed by atoms with Crippen LogP contribution >= 0.6 is 11.3 Å². The predicted octanol–water partition coefficient (Wildman–Crippen LogP) is 13.6. The smallest absolute Gasteiger partial charge is 0.0713 e. The van der Waals surface area contributed by atoms with Crippen LogP contribution in [0, 0.1) is 0 Å². The van der Waals surface area contributed by atoms with Crippen molar-refractivity contribution in [2.75, 3.05) is 4.90 Å². The maximum atomic E-state index is 2.39. The number of thiophene rings is 1. The molecule has 51 heavy (non-hydrogen) atoms. The van der Waals surface area contributed by atoms with Crippen molar-refractivity contribution in [3.8, 4) is 22.3 Å². The zero-order valence-corrected chi connectivity index (χ0v) is 28.7. The van der Waals surface area contributed by atoms with Gasteiger partial charge in [0.1, 0.15) is 0 Å². The normalized spacial score (nSPS) is 12.9. The van der Waals surface area contributed by atoms with Crippen LogP contribution in [0.2, 0.25) is 0 Å². The first-order chi connectivity index (χ1) is 25.3. The third-order valence-electron chi connectivity index (χ3n) is 10.6. The number of nitrogens with zero attached hydrogens (tertiary/aromatic N) is 1. The van der Waals surface area contributed by atoms with E-state index >= 15 is 0 Å². The number of fused-ring (bicyclic) bond motifs is 6. The molecule has 1 aliphatic rings. The van der Waals surface area contributed by atoms with Crippen LogP contribution in [0.1, 0.15) is 22.3 Å². The molecule has 1 heterocycles. The van der Waals surface area contributed by atoms with E-state index in [4.69, 9.17) is 0 Å². The van der Waals surface area contributed by atoms with Gasteiger partial charge in [0, 0.05) is 37.2 Å². The van der Waals surface area contributed by atoms with Crippen LogP contribution in [0.5, 0.6) is 0 Å². The summed E-state index contributed by atoms with van der Waals surface area (Å²) in [6.07, 6.45) is 0. The van der Waals surface area contributed by atoms with Crippen molar-refractivity contribution < 1.29 is 0 Å². The minimum absolute atomic E-state index is 0.421. The van der Waals surface area contributed by atoms with Gasteiger partial charge in [-0.15, -0.1) is 11.3 Å². The Morgan fingerprint density at radius 2 is 0.843 bits per heavy atom. The van der Waals surface area contributed by atoms with Crippen LogP contribution in [0.15, 0.2) is 200 Å². The summed E-state index contributed by atoms with van der Waals surface area (Å²) in [7, 11) is 0. The van der Waals surface area contributed by atoms with Gasteiger partial charge in [0.05, 0.1) is 5.41 Å². The van der Waals surface area contributed by atoms with Gasteiger partial charge in [-0.1, -0.05) is 146 Å². The van der Waals surface area contributed by atoms with E-state index in [1.165, 1.54) is 64.7 Å². The molecule has 10 rings (SSSR count). The van der Waals surface area contributed by atoms with E-state index in [2.05, 4.69) is 205 Å². The van der Waals surface area contributed by atoms with Crippen LogP contribution in [0.3, 0.4) is 0 Å². The first kappa shape index (κ1) is 29.7. The summed E-state index contributed by atoms with van der Waals surface area (Å²) in [5.41, 5.74) is 13.3. The summed E-state index contributed by atoms with van der Waals surface area (Å²) in [5, 5.41) is 2.58. The Kier molecular flexibility index (Phi) is 6.97. The largest absolute Gasteiger partial charge is 0.310 e. The Balaban J connectivity index is 1.14. The molecule has 1 aliphatic carbocycles. The lowest BCUT2D eigenvalue weighted by Gasteiger charge is -2.34. The van der Waals surface area contributed by atoms with Crippen molar-refractivity contribution in [1.82, 2.24) is 0 Å². The molecule has 0 amide bonds. The van der Waals surface area contributed by atoms with Crippen LogP contribution < -0.4 is 4.90 Å². The minimum Gasteiger partial charge on any atom is -0.310 e. The lowest BCUT2D eigenvalue weighted by atomic mass is 9.68. The molecule has 1 nitrogen and oxygen atoms in total. The Hall–Kier alpha value is -6.22.